The van der Waals surface area contributed by atoms with Gasteiger partial charge in [0.1, 0.15) is 11.5 Å². The van der Waals surface area contributed by atoms with E-state index in [2.05, 4.69) is 36.1 Å². The van der Waals surface area contributed by atoms with Gasteiger partial charge in [-0.25, -0.2) is 0 Å². The molecule has 0 atom stereocenters. The third-order valence-electron chi connectivity index (χ3n) is 5.41. The van der Waals surface area contributed by atoms with Gasteiger partial charge in [-0.3, -0.25) is 9.69 Å². The lowest BCUT2D eigenvalue weighted by Crippen LogP contribution is -2.49. The van der Waals surface area contributed by atoms with Gasteiger partial charge in [-0.2, -0.15) is 0 Å². The van der Waals surface area contributed by atoms with E-state index in [0.717, 1.165) is 51.5 Å². The lowest BCUT2D eigenvalue weighted by Gasteiger charge is -2.34. The summed E-state index contributed by atoms with van der Waals surface area (Å²) in [4.78, 5) is 16.8. The molecule has 1 amide bonds. The van der Waals surface area contributed by atoms with Crippen molar-refractivity contribution < 1.29 is 14.3 Å². The molecule has 2 aromatic rings. The fourth-order valence-corrected chi connectivity index (χ4v) is 3.61. The first-order valence-corrected chi connectivity index (χ1v) is 11.1. The average molecular weight is 411 g/mol. The lowest BCUT2D eigenvalue weighted by atomic mass is 10.2. The number of benzene rings is 2. The van der Waals surface area contributed by atoms with E-state index in [9.17, 15) is 4.79 Å². The molecule has 162 valence electrons. The van der Waals surface area contributed by atoms with Gasteiger partial charge in [-0.05, 0) is 24.1 Å². The Balaban J connectivity index is 1.37. The first-order chi connectivity index (χ1) is 14.7. The average Bonchev–Trinajstić information content (AvgIpc) is 2.79. The van der Waals surface area contributed by atoms with Crippen molar-refractivity contribution in [1.29, 1.82) is 0 Å². The van der Waals surface area contributed by atoms with Crippen LogP contribution in [0, 0.1) is 0 Å². The van der Waals surface area contributed by atoms with Crippen LogP contribution < -0.4 is 9.47 Å². The zero-order valence-corrected chi connectivity index (χ0v) is 18.1. The van der Waals surface area contributed by atoms with Crippen LogP contribution in [0.5, 0.6) is 11.5 Å². The number of carbonyl (C=O) groups excluding carboxylic acids is 1. The maximum atomic E-state index is 12.5. The summed E-state index contributed by atoms with van der Waals surface area (Å²) in [5.74, 6) is 1.52. The van der Waals surface area contributed by atoms with Crippen molar-refractivity contribution in [2.24, 2.45) is 0 Å². The maximum absolute atomic E-state index is 12.5. The standard InChI is InChI=1S/C25H34N2O3/c1-2-3-4-8-18-29-23-12-9-13-24(19-23)30-21-25(28)27-16-14-26(15-17-27)20-22-10-6-5-7-11-22/h5-7,9-13,19H,2-4,8,14-18,20-21H2,1H3. The molecule has 0 bridgehead atoms. The molecule has 5 nitrogen and oxygen atoms in total. The number of nitrogens with zero attached hydrogens (tertiary/aromatic N) is 2. The van der Waals surface area contributed by atoms with Crippen LogP contribution in [0.4, 0.5) is 0 Å². The summed E-state index contributed by atoms with van der Waals surface area (Å²) in [5, 5.41) is 0. The minimum Gasteiger partial charge on any atom is -0.493 e. The molecular weight excluding hydrogens is 376 g/mol. The van der Waals surface area contributed by atoms with Crippen molar-refractivity contribution in [2.45, 2.75) is 39.2 Å². The van der Waals surface area contributed by atoms with Gasteiger partial charge in [0, 0.05) is 38.8 Å². The van der Waals surface area contributed by atoms with Crippen LogP contribution in [-0.4, -0.2) is 55.1 Å². The smallest absolute Gasteiger partial charge is 0.260 e. The Bertz CT molecular complexity index is 758. The summed E-state index contributed by atoms with van der Waals surface area (Å²) >= 11 is 0. The highest BCUT2D eigenvalue weighted by Gasteiger charge is 2.21. The quantitative estimate of drug-likeness (QED) is 0.516. The molecule has 5 heteroatoms. The fourth-order valence-electron chi connectivity index (χ4n) is 3.61. The first-order valence-electron chi connectivity index (χ1n) is 11.1. The topological polar surface area (TPSA) is 42.0 Å². The molecule has 1 aliphatic heterocycles. The van der Waals surface area contributed by atoms with Crippen LogP contribution in [0.3, 0.4) is 0 Å². The highest BCUT2D eigenvalue weighted by Crippen LogP contribution is 2.20. The van der Waals surface area contributed by atoms with Crippen LogP contribution in [0.15, 0.2) is 54.6 Å². The van der Waals surface area contributed by atoms with Gasteiger partial charge < -0.3 is 14.4 Å². The molecular formula is C25H34N2O3. The SMILES string of the molecule is CCCCCCOc1cccc(OCC(=O)N2CCN(Cc3ccccc3)CC2)c1. The van der Waals surface area contributed by atoms with Crippen LogP contribution in [-0.2, 0) is 11.3 Å². The molecule has 1 fully saturated rings. The second-order valence-corrected chi connectivity index (χ2v) is 7.82. The van der Waals surface area contributed by atoms with Crippen LogP contribution in [0.1, 0.15) is 38.2 Å². The van der Waals surface area contributed by atoms with Crippen molar-refractivity contribution in [2.75, 3.05) is 39.4 Å². The minimum absolute atomic E-state index is 0.0419. The van der Waals surface area contributed by atoms with Crippen LogP contribution in [0.25, 0.3) is 0 Å². The summed E-state index contributed by atoms with van der Waals surface area (Å²) in [7, 11) is 0. The van der Waals surface area contributed by atoms with Gasteiger partial charge in [-0.15, -0.1) is 0 Å². The van der Waals surface area contributed by atoms with E-state index in [-0.39, 0.29) is 12.5 Å². The molecule has 1 saturated heterocycles. The number of hydrogen-bond donors (Lipinski definition) is 0. The third kappa shape index (κ3) is 7.38. The predicted molar refractivity (Wildman–Crippen MR) is 120 cm³/mol. The summed E-state index contributed by atoms with van der Waals surface area (Å²) in [6.45, 7) is 7.20. The predicted octanol–water partition coefficient (Wildman–Crippen LogP) is 4.37. The largest absolute Gasteiger partial charge is 0.493 e. The zero-order chi connectivity index (χ0) is 21.0. The molecule has 0 N–H and O–H groups in total. The van der Waals surface area contributed by atoms with E-state index in [1.807, 2.05) is 35.2 Å². The molecule has 2 aromatic carbocycles. The lowest BCUT2D eigenvalue weighted by molar-refractivity contribution is -0.135. The first kappa shape index (κ1) is 22.2. The maximum Gasteiger partial charge on any atom is 0.260 e. The number of ether oxygens (including phenoxy) is 2. The summed E-state index contributed by atoms with van der Waals surface area (Å²) < 4.78 is 11.5. The summed E-state index contributed by atoms with van der Waals surface area (Å²) in [6.07, 6.45) is 4.72. The number of unbranched alkanes of at least 4 members (excludes halogenated alkanes) is 3. The molecule has 0 unspecified atom stereocenters. The molecule has 0 spiro atoms. The van der Waals surface area contributed by atoms with Crippen molar-refractivity contribution in [1.82, 2.24) is 9.80 Å². The van der Waals surface area contributed by atoms with Gasteiger partial charge in [0.05, 0.1) is 6.61 Å². The molecule has 0 aliphatic carbocycles. The number of amides is 1. The Morgan fingerprint density at radius 3 is 2.33 bits per heavy atom. The Hall–Kier alpha value is -2.53. The molecule has 0 aromatic heterocycles. The van der Waals surface area contributed by atoms with E-state index >= 15 is 0 Å². The fraction of sp³-hybridized carbons (Fsp3) is 0.480. The Morgan fingerprint density at radius 1 is 0.867 bits per heavy atom. The van der Waals surface area contributed by atoms with E-state index in [1.54, 1.807) is 0 Å². The van der Waals surface area contributed by atoms with Crippen molar-refractivity contribution >= 4 is 5.91 Å². The molecule has 30 heavy (non-hydrogen) atoms. The van der Waals surface area contributed by atoms with Crippen molar-refractivity contribution in [3.63, 3.8) is 0 Å². The molecule has 1 heterocycles. The number of rotatable bonds is 11. The molecule has 0 saturated carbocycles. The van der Waals surface area contributed by atoms with Gasteiger partial charge in [0.2, 0.25) is 0 Å². The van der Waals surface area contributed by atoms with Gasteiger partial charge in [-0.1, -0.05) is 62.6 Å². The number of piperazine rings is 1. The van der Waals surface area contributed by atoms with Gasteiger partial charge >= 0.3 is 0 Å². The minimum atomic E-state index is 0.0419. The van der Waals surface area contributed by atoms with Crippen molar-refractivity contribution in [3.05, 3.63) is 60.2 Å². The van der Waals surface area contributed by atoms with E-state index in [4.69, 9.17) is 9.47 Å². The Kier molecular flexibility index (Phi) is 9.04. The monoisotopic (exact) mass is 410 g/mol. The molecule has 1 aliphatic rings. The highest BCUT2D eigenvalue weighted by molar-refractivity contribution is 5.77. The zero-order valence-electron chi connectivity index (χ0n) is 18.1. The summed E-state index contributed by atoms with van der Waals surface area (Å²) in [5.41, 5.74) is 1.31. The highest BCUT2D eigenvalue weighted by atomic mass is 16.5. The normalized spacial score (nSPS) is 14.5. The number of carbonyl (C=O) groups is 1. The third-order valence-corrected chi connectivity index (χ3v) is 5.41. The number of hydrogen-bond acceptors (Lipinski definition) is 4. The van der Waals surface area contributed by atoms with Gasteiger partial charge in [0.15, 0.2) is 6.61 Å². The molecule has 3 rings (SSSR count). The van der Waals surface area contributed by atoms with E-state index in [0.29, 0.717) is 5.75 Å². The van der Waals surface area contributed by atoms with E-state index < -0.39 is 0 Å². The second-order valence-electron chi connectivity index (χ2n) is 7.82. The van der Waals surface area contributed by atoms with Gasteiger partial charge in [0.25, 0.3) is 5.91 Å². The second kappa shape index (κ2) is 12.2. The molecule has 0 radical (unpaired) electrons. The van der Waals surface area contributed by atoms with Crippen molar-refractivity contribution in [3.8, 4) is 11.5 Å². The van der Waals surface area contributed by atoms with Crippen LogP contribution in [0.2, 0.25) is 0 Å². The van der Waals surface area contributed by atoms with Crippen LogP contribution >= 0.6 is 0 Å². The Labute approximate surface area is 180 Å². The van der Waals surface area contributed by atoms with E-state index in [1.165, 1.54) is 24.8 Å². The summed E-state index contributed by atoms with van der Waals surface area (Å²) in [6, 6.07) is 18.0. The Morgan fingerprint density at radius 2 is 1.60 bits per heavy atom.